The molecule has 0 bridgehead atoms. The number of thiocarbonyl (C=S) groups is 1. The highest BCUT2D eigenvalue weighted by molar-refractivity contribution is 9.10. The molecule has 1 aromatic heterocycles. The summed E-state index contributed by atoms with van der Waals surface area (Å²) < 4.78 is 15.2. The van der Waals surface area contributed by atoms with E-state index in [1.54, 1.807) is 12.1 Å². The third kappa shape index (κ3) is 3.69. The van der Waals surface area contributed by atoms with Crippen LogP contribution in [-0.4, -0.2) is 11.5 Å². The summed E-state index contributed by atoms with van der Waals surface area (Å²) in [5.74, 6) is -0.389. The molecular formula is C13H11BrClFN2S2. The van der Waals surface area contributed by atoms with E-state index in [0.29, 0.717) is 17.8 Å². The zero-order chi connectivity index (χ0) is 14.7. The first-order chi connectivity index (χ1) is 9.49. The van der Waals surface area contributed by atoms with Crippen molar-refractivity contribution in [2.45, 2.75) is 6.42 Å². The summed E-state index contributed by atoms with van der Waals surface area (Å²) in [5, 5.41) is 3.05. The monoisotopic (exact) mass is 392 g/mol. The van der Waals surface area contributed by atoms with Crippen molar-refractivity contribution in [2.24, 2.45) is 5.73 Å². The topological polar surface area (TPSA) is 38.0 Å². The minimum absolute atomic E-state index is 0.163. The molecule has 1 heterocycles. The molecule has 0 radical (unpaired) electrons. The highest BCUT2D eigenvalue weighted by atomic mass is 79.9. The van der Waals surface area contributed by atoms with Crippen LogP contribution in [0.4, 0.5) is 10.1 Å². The van der Waals surface area contributed by atoms with Crippen LogP contribution in [0.15, 0.2) is 28.7 Å². The molecule has 2 rings (SSSR count). The molecule has 7 heteroatoms. The molecule has 1 aromatic carbocycles. The van der Waals surface area contributed by atoms with Crippen LogP contribution in [0.25, 0.3) is 0 Å². The minimum Gasteiger partial charge on any atom is -0.389 e. The molecule has 2 aromatic rings. The molecule has 0 aliphatic carbocycles. The van der Waals surface area contributed by atoms with Crippen molar-refractivity contribution < 1.29 is 4.39 Å². The van der Waals surface area contributed by atoms with Crippen LogP contribution in [-0.2, 0) is 6.42 Å². The lowest BCUT2D eigenvalue weighted by atomic mass is 10.2. The molecule has 0 spiro atoms. The Morgan fingerprint density at radius 2 is 2.15 bits per heavy atom. The van der Waals surface area contributed by atoms with Gasteiger partial charge in [0.05, 0.1) is 14.5 Å². The Hall–Kier alpha value is -0.690. The van der Waals surface area contributed by atoms with Gasteiger partial charge in [-0.3, -0.25) is 0 Å². The van der Waals surface area contributed by atoms with Crippen molar-refractivity contribution in [2.75, 3.05) is 11.9 Å². The summed E-state index contributed by atoms with van der Waals surface area (Å²) >= 11 is 15.4. The van der Waals surface area contributed by atoms with Gasteiger partial charge in [-0.05, 0) is 46.6 Å². The van der Waals surface area contributed by atoms with Crippen molar-refractivity contribution >= 4 is 61.8 Å². The number of hydrogen-bond donors (Lipinski definition) is 2. The predicted molar refractivity (Wildman–Crippen MR) is 91.5 cm³/mol. The van der Waals surface area contributed by atoms with Crippen molar-refractivity contribution in [3.05, 3.63) is 49.3 Å². The first kappa shape index (κ1) is 15.7. The minimum atomic E-state index is -0.389. The standard InChI is InChI=1S/C13H11BrClFN2S2/c14-11-8(13(17)19)2-3-9(12(11)16)18-6-5-7-1-4-10(15)20-7/h1-4,18H,5-6H2,(H2,17,19). The molecule has 0 saturated heterocycles. The van der Waals surface area contributed by atoms with E-state index in [-0.39, 0.29) is 15.3 Å². The molecule has 0 saturated carbocycles. The van der Waals surface area contributed by atoms with E-state index >= 15 is 0 Å². The quantitative estimate of drug-likeness (QED) is 0.730. The maximum atomic E-state index is 14.1. The normalized spacial score (nSPS) is 10.6. The Bertz CT molecular complexity index is 645. The maximum Gasteiger partial charge on any atom is 0.161 e. The molecule has 0 unspecified atom stereocenters. The van der Waals surface area contributed by atoms with Crippen LogP contribution in [0.1, 0.15) is 10.4 Å². The fraction of sp³-hybridized carbons (Fsp3) is 0.154. The summed E-state index contributed by atoms with van der Waals surface area (Å²) in [6.45, 7) is 0.618. The Labute approximate surface area is 139 Å². The van der Waals surface area contributed by atoms with Gasteiger partial charge >= 0.3 is 0 Å². The average Bonchev–Trinajstić information content (AvgIpc) is 2.80. The SMILES string of the molecule is NC(=S)c1ccc(NCCc2ccc(Cl)s2)c(F)c1Br. The van der Waals surface area contributed by atoms with Crippen molar-refractivity contribution in [1.29, 1.82) is 0 Å². The number of hydrogen-bond acceptors (Lipinski definition) is 3. The fourth-order valence-electron chi connectivity index (χ4n) is 1.68. The van der Waals surface area contributed by atoms with Gasteiger partial charge in [0.25, 0.3) is 0 Å². The summed E-state index contributed by atoms with van der Waals surface area (Å²) in [6.07, 6.45) is 0.783. The van der Waals surface area contributed by atoms with E-state index < -0.39 is 0 Å². The summed E-state index contributed by atoms with van der Waals surface area (Å²) in [4.78, 5) is 1.32. The van der Waals surface area contributed by atoms with Gasteiger partial charge < -0.3 is 11.1 Å². The van der Waals surface area contributed by atoms with Crippen molar-refractivity contribution in [3.8, 4) is 0 Å². The number of rotatable bonds is 5. The zero-order valence-electron chi connectivity index (χ0n) is 10.3. The van der Waals surface area contributed by atoms with Gasteiger partial charge in [0, 0.05) is 17.0 Å². The van der Waals surface area contributed by atoms with E-state index in [0.717, 1.165) is 15.6 Å². The van der Waals surface area contributed by atoms with E-state index in [2.05, 4.69) is 21.2 Å². The first-order valence-electron chi connectivity index (χ1n) is 5.75. The molecule has 3 N–H and O–H groups in total. The molecular weight excluding hydrogens is 383 g/mol. The Balaban J connectivity index is 2.03. The lowest BCUT2D eigenvalue weighted by Crippen LogP contribution is -2.12. The number of nitrogens with one attached hydrogen (secondary N) is 1. The highest BCUT2D eigenvalue weighted by Gasteiger charge is 2.12. The van der Waals surface area contributed by atoms with E-state index in [1.165, 1.54) is 11.3 Å². The van der Waals surface area contributed by atoms with Crippen LogP contribution in [0.5, 0.6) is 0 Å². The molecule has 0 atom stereocenters. The number of thiophene rings is 1. The summed E-state index contributed by atoms with van der Waals surface area (Å²) in [5.41, 5.74) is 6.43. The third-order valence-corrected chi connectivity index (χ3v) is 4.95. The smallest absolute Gasteiger partial charge is 0.161 e. The molecule has 2 nitrogen and oxygen atoms in total. The van der Waals surface area contributed by atoms with E-state index in [9.17, 15) is 4.39 Å². The number of anilines is 1. The second-order valence-corrected chi connectivity index (χ2v) is 7.07. The van der Waals surface area contributed by atoms with Crippen LogP contribution in [0.2, 0.25) is 4.34 Å². The van der Waals surface area contributed by atoms with Crippen LogP contribution >= 0.6 is 51.1 Å². The molecule has 0 fully saturated rings. The van der Waals surface area contributed by atoms with Gasteiger partial charge in [-0.1, -0.05) is 23.8 Å². The Morgan fingerprint density at radius 1 is 1.40 bits per heavy atom. The largest absolute Gasteiger partial charge is 0.389 e. The second-order valence-electron chi connectivity index (χ2n) is 4.04. The predicted octanol–water partition coefficient (Wildman–Crippen LogP) is 4.59. The summed E-state index contributed by atoms with van der Waals surface area (Å²) in [7, 11) is 0. The molecule has 0 aliphatic rings. The summed E-state index contributed by atoms with van der Waals surface area (Å²) in [6, 6.07) is 7.16. The second kappa shape index (κ2) is 6.85. The molecule has 0 aliphatic heterocycles. The van der Waals surface area contributed by atoms with Gasteiger partial charge in [-0.25, -0.2) is 4.39 Å². The van der Waals surface area contributed by atoms with Gasteiger partial charge in [-0.2, -0.15) is 0 Å². The zero-order valence-corrected chi connectivity index (χ0v) is 14.2. The van der Waals surface area contributed by atoms with Crippen molar-refractivity contribution in [3.63, 3.8) is 0 Å². The third-order valence-electron chi connectivity index (χ3n) is 2.66. The van der Waals surface area contributed by atoms with Crippen LogP contribution < -0.4 is 11.1 Å². The lowest BCUT2D eigenvalue weighted by Gasteiger charge is -2.10. The number of nitrogens with two attached hydrogens (primary N) is 1. The molecule has 106 valence electrons. The fourth-order valence-corrected chi connectivity index (χ4v) is 3.63. The average molecular weight is 394 g/mol. The van der Waals surface area contributed by atoms with Crippen LogP contribution in [0.3, 0.4) is 0 Å². The van der Waals surface area contributed by atoms with Crippen LogP contribution in [0, 0.1) is 5.82 Å². The van der Waals surface area contributed by atoms with E-state index in [1.807, 2.05) is 12.1 Å². The van der Waals surface area contributed by atoms with Gasteiger partial charge in [0.2, 0.25) is 0 Å². The van der Waals surface area contributed by atoms with Gasteiger partial charge in [0.1, 0.15) is 4.99 Å². The highest BCUT2D eigenvalue weighted by Crippen LogP contribution is 2.27. The maximum absolute atomic E-state index is 14.1. The molecule has 20 heavy (non-hydrogen) atoms. The van der Waals surface area contributed by atoms with Gasteiger partial charge in [0.15, 0.2) is 5.82 Å². The Kier molecular flexibility index (Phi) is 5.37. The number of benzene rings is 1. The molecule has 0 amide bonds. The first-order valence-corrected chi connectivity index (χ1v) is 8.14. The van der Waals surface area contributed by atoms with Crippen molar-refractivity contribution in [1.82, 2.24) is 0 Å². The van der Waals surface area contributed by atoms with Gasteiger partial charge in [-0.15, -0.1) is 11.3 Å². The number of halogens is 3. The Morgan fingerprint density at radius 3 is 2.75 bits per heavy atom. The van der Waals surface area contributed by atoms with E-state index in [4.69, 9.17) is 29.6 Å². The lowest BCUT2D eigenvalue weighted by molar-refractivity contribution is 0.623.